The van der Waals surface area contributed by atoms with Crippen molar-refractivity contribution >= 4 is 0 Å². The molecule has 98 valence electrons. The van der Waals surface area contributed by atoms with Crippen LogP contribution in [0.25, 0.3) is 0 Å². The number of rotatable bonds is 4. The van der Waals surface area contributed by atoms with E-state index in [0.29, 0.717) is 11.3 Å². The van der Waals surface area contributed by atoms with Gasteiger partial charge in [-0.25, -0.2) is 0 Å². The fraction of sp³-hybridized carbons (Fsp3) is 0.333. The Kier molecular flexibility index (Phi) is 5.49. The fourth-order valence-corrected chi connectivity index (χ4v) is 1.09. The molecule has 0 unspecified atom stereocenters. The van der Waals surface area contributed by atoms with E-state index in [0.717, 1.165) is 0 Å². The van der Waals surface area contributed by atoms with Gasteiger partial charge >= 0.3 is 6.36 Å². The summed E-state index contributed by atoms with van der Waals surface area (Å²) in [7, 11) is 0. The minimum absolute atomic E-state index is 0.193. The van der Waals surface area contributed by atoms with E-state index in [4.69, 9.17) is 9.84 Å². The molecule has 0 aromatic heterocycles. The molecule has 0 saturated carbocycles. The highest BCUT2D eigenvalue weighted by molar-refractivity contribution is 5.38. The van der Waals surface area contributed by atoms with Crippen LogP contribution in [0.5, 0.6) is 5.75 Å². The van der Waals surface area contributed by atoms with E-state index in [1.165, 1.54) is 0 Å². The highest BCUT2D eigenvalue weighted by Crippen LogP contribution is 2.16. The maximum Gasteiger partial charge on any atom is 0.522 e. The van der Waals surface area contributed by atoms with Gasteiger partial charge < -0.3 is 9.84 Å². The van der Waals surface area contributed by atoms with Crippen LogP contribution in [0.4, 0.5) is 13.2 Å². The first-order valence-electron chi connectivity index (χ1n) is 5.04. The molecule has 0 aliphatic carbocycles. The van der Waals surface area contributed by atoms with Crippen molar-refractivity contribution < 1.29 is 27.8 Å². The van der Waals surface area contributed by atoms with E-state index in [1.54, 1.807) is 24.3 Å². The van der Waals surface area contributed by atoms with Crippen LogP contribution >= 0.6 is 0 Å². The molecule has 0 aliphatic rings. The summed E-state index contributed by atoms with van der Waals surface area (Å²) < 4.78 is 43.5. The van der Waals surface area contributed by atoms with Gasteiger partial charge in [-0.2, -0.15) is 0 Å². The Labute approximate surface area is 102 Å². The van der Waals surface area contributed by atoms with Gasteiger partial charge in [0.15, 0.2) is 0 Å². The molecule has 1 aromatic carbocycles. The number of alkyl halides is 3. The number of aliphatic hydroxyl groups excluding tert-OH is 1. The van der Waals surface area contributed by atoms with E-state index >= 15 is 0 Å². The van der Waals surface area contributed by atoms with Gasteiger partial charge in [0.05, 0.1) is 6.61 Å². The Morgan fingerprint density at radius 2 is 1.78 bits per heavy atom. The topological polar surface area (TPSA) is 38.7 Å². The second-order valence-corrected chi connectivity index (χ2v) is 3.13. The monoisotopic (exact) mass is 260 g/mol. The highest BCUT2D eigenvalue weighted by Gasteiger charge is 2.28. The highest BCUT2D eigenvalue weighted by atomic mass is 19.4. The number of hydrogen-bond acceptors (Lipinski definition) is 3. The lowest BCUT2D eigenvalue weighted by Crippen LogP contribution is -2.18. The Hall–Kier alpha value is -1.71. The van der Waals surface area contributed by atoms with Crippen LogP contribution < -0.4 is 4.74 Å². The van der Waals surface area contributed by atoms with Gasteiger partial charge in [0.2, 0.25) is 0 Å². The van der Waals surface area contributed by atoms with Crippen molar-refractivity contribution in [2.24, 2.45) is 0 Å². The molecule has 0 spiro atoms. The molecule has 0 amide bonds. The number of halogens is 3. The third-order valence-corrected chi connectivity index (χ3v) is 1.78. The summed E-state index contributed by atoms with van der Waals surface area (Å²) in [6.45, 7) is -0.982. The molecule has 18 heavy (non-hydrogen) atoms. The summed E-state index contributed by atoms with van der Waals surface area (Å²) in [5.41, 5.74) is 0.683. The van der Waals surface area contributed by atoms with Crippen molar-refractivity contribution in [1.82, 2.24) is 0 Å². The first-order valence-corrected chi connectivity index (χ1v) is 5.04. The molecule has 0 atom stereocenters. The predicted octanol–water partition coefficient (Wildman–Crippen LogP) is 1.95. The molecule has 0 bridgehead atoms. The largest absolute Gasteiger partial charge is 0.522 e. The third-order valence-electron chi connectivity index (χ3n) is 1.78. The average Bonchev–Trinajstić information content (AvgIpc) is 2.32. The third kappa shape index (κ3) is 6.13. The summed E-state index contributed by atoms with van der Waals surface area (Å²) in [6, 6.07) is 6.44. The van der Waals surface area contributed by atoms with Crippen LogP contribution in [-0.4, -0.2) is 31.3 Å². The van der Waals surface area contributed by atoms with Crippen molar-refractivity contribution in [3.63, 3.8) is 0 Å². The van der Waals surface area contributed by atoms with E-state index < -0.39 is 13.0 Å². The molecule has 1 N–H and O–H groups in total. The molecule has 0 heterocycles. The summed E-state index contributed by atoms with van der Waals surface area (Å²) >= 11 is 0. The van der Waals surface area contributed by atoms with Crippen molar-refractivity contribution in [2.45, 2.75) is 6.36 Å². The van der Waals surface area contributed by atoms with Gasteiger partial charge in [-0.05, 0) is 24.3 Å². The number of hydrogen-bond donors (Lipinski definition) is 1. The lowest BCUT2D eigenvalue weighted by Gasteiger charge is -2.08. The zero-order valence-corrected chi connectivity index (χ0v) is 9.33. The minimum atomic E-state index is -4.63. The zero-order valence-electron chi connectivity index (χ0n) is 9.33. The molecule has 0 radical (unpaired) electrons. The van der Waals surface area contributed by atoms with Crippen LogP contribution in [0.1, 0.15) is 5.56 Å². The molecule has 1 aromatic rings. The summed E-state index contributed by atoms with van der Waals surface area (Å²) in [6.07, 6.45) is -4.63. The quantitative estimate of drug-likeness (QED) is 0.664. The summed E-state index contributed by atoms with van der Waals surface area (Å²) in [5.74, 6) is 5.58. The lowest BCUT2D eigenvalue weighted by molar-refractivity contribution is -0.325. The van der Waals surface area contributed by atoms with Gasteiger partial charge in [0, 0.05) is 5.56 Å². The molecule has 0 aliphatic heterocycles. The Morgan fingerprint density at radius 3 is 2.33 bits per heavy atom. The summed E-state index contributed by atoms with van der Waals surface area (Å²) in [5, 5.41) is 8.49. The van der Waals surface area contributed by atoms with Crippen molar-refractivity contribution in [3.05, 3.63) is 29.8 Å². The number of benzene rings is 1. The SMILES string of the molecule is OCC#Cc1ccc(OCCOC(F)(F)F)cc1. The Bertz CT molecular complexity index is 415. The molecule has 3 nitrogen and oxygen atoms in total. The van der Waals surface area contributed by atoms with E-state index in [-0.39, 0.29) is 13.2 Å². The predicted molar refractivity (Wildman–Crippen MR) is 57.9 cm³/mol. The first kappa shape index (κ1) is 14.4. The minimum Gasteiger partial charge on any atom is -0.491 e. The molecular weight excluding hydrogens is 249 g/mol. The van der Waals surface area contributed by atoms with E-state index in [1.807, 2.05) is 0 Å². The van der Waals surface area contributed by atoms with Crippen molar-refractivity contribution in [1.29, 1.82) is 0 Å². The van der Waals surface area contributed by atoms with Crippen LogP contribution in [-0.2, 0) is 4.74 Å². The van der Waals surface area contributed by atoms with Gasteiger partial charge in [-0.15, -0.1) is 13.2 Å². The summed E-state index contributed by atoms with van der Waals surface area (Å²) in [4.78, 5) is 0. The molecule has 6 heteroatoms. The van der Waals surface area contributed by atoms with Gasteiger partial charge in [0.25, 0.3) is 0 Å². The second-order valence-electron chi connectivity index (χ2n) is 3.13. The second kappa shape index (κ2) is 6.89. The maximum atomic E-state index is 11.6. The Balaban J connectivity index is 2.35. The van der Waals surface area contributed by atoms with Gasteiger partial charge in [0.1, 0.15) is 19.0 Å². The van der Waals surface area contributed by atoms with Crippen LogP contribution in [0.2, 0.25) is 0 Å². The van der Waals surface area contributed by atoms with Crippen LogP contribution in [0.3, 0.4) is 0 Å². The van der Waals surface area contributed by atoms with E-state index in [9.17, 15) is 13.2 Å². The Morgan fingerprint density at radius 1 is 1.11 bits per heavy atom. The van der Waals surface area contributed by atoms with Gasteiger partial charge in [-0.1, -0.05) is 11.8 Å². The van der Waals surface area contributed by atoms with Crippen LogP contribution in [0.15, 0.2) is 24.3 Å². The molecule has 0 fully saturated rings. The van der Waals surface area contributed by atoms with Gasteiger partial charge in [-0.3, -0.25) is 4.74 Å². The average molecular weight is 260 g/mol. The number of aliphatic hydroxyl groups is 1. The van der Waals surface area contributed by atoms with Crippen molar-refractivity contribution in [3.8, 4) is 17.6 Å². The molecule has 1 rings (SSSR count). The fourth-order valence-electron chi connectivity index (χ4n) is 1.09. The van der Waals surface area contributed by atoms with Crippen LogP contribution in [0, 0.1) is 11.8 Å². The molecular formula is C12H11F3O3. The first-order chi connectivity index (χ1) is 8.51. The number of ether oxygens (including phenoxy) is 2. The smallest absolute Gasteiger partial charge is 0.491 e. The van der Waals surface area contributed by atoms with E-state index in [2.05, 4.69) is 16.6 Å². The maximum absolute atomic E-state index is 11.6. The van der Waals surface area contributed by atoms with Crippen molar-refractivity contribution in [2.75, 3.05) is 19.8 Å². The molecule has 0 saturated heterocycles. The standard InChI is InChI=1S/C12H11F3O3/c13-12(14,15)18-9-8-17-11-5-3-10(4-6-11)2-1-7-16/h3-6,16H,7-9H2. The normalized spacial score (nSPS) is 10.7. The zero-order chi connectivity index (χ0) is 13.4. The lowest BCUT2D eigenvalue weighted by atomic mass is 10.2.